The number of nitrogens with zero attached hydrogens (tertiary/aromatic N) is 2. The summed E-state index contributed by atoms with van der Waals surface area (Å²) in [6.07, 6.45) is -4.81. The third kappa shape index (κ3) is 5.37. The molecule has 0 bridgehead atoms. The molecule has 0 aromatic heterocycles. The summed E-state index contributed by atoms with van der Waals surface area (Å²) in [5.74, 6) is -2.03. The normalized spacial score (nSPS) is 12.1. The summed E-state index contributed by atoms with van der Waals surface area (Å²) in [5, 5.41) is 1.81. The molecule has 0 heterocycles. The Kier molecular flexibility index (Phi) is 6.76. The van der Waals surface area contributed by atoms with Gasteiger partial charge in [0.15, 0.2) is 0 Å². The fraction of sp³-hybridized carbons (Fsp3) is 0.235. The molecule has 0 fully saturated rings. The number of halogens is 5. The summed E-state index contributed by atoms with van der Waals surface area (Å²) in [6.45, 7) is -0.957. The van der Waals surface area contributed by atoms with Gasteiger partial charge in [0.2, 0.25) is 5.91 Å². The van der Waals surface area contributed by atoms with Gasteiger partial charge in [-0.3, -0.25) is 4.79 Å². The van der Waals surface area contributed by atoms with Crippen molar-refractivity contribution in [1.29, 1.82) is 0 Å². The van der Waals surface area contributed by atoms with Gasteiger partial charge in [-0.15, -0.1) is 0 Å². The van der Waals surface area contributed by atoms with Crippen LogP contribution in [0.1, 0.15) is 5.56 Å². The van der Waals surface area contributed by atoms with E-state index in [4.69, 9.17) is 11.6 Å². The Morgan fingerprint density at radius 3 is 2.31 bits per heavy atom. The summed E-state index contributed by atoms with van der Waals surface area (Å²) in [6, 6.07) is 7.51. The molecular formula is C17H16ClF4N3O3S. The minimum absolute atomic E-state index is 0.196. The molecule has 2 aromatic carbocycles. The quantitative estimate of drug-likeness (QED) is 0.677. The van der Waals surface area contributed by atoms with Gasteiger partial charge in [0.1, 0.15) is 12.4 Å². The van der Waals surface area contributed by atoms with Crippen LogP contribution in [-0.4, -0.2) is 39.3 Å². The van der Waals surface area contributed by atoms with Gasteiger partial charge in [0, 0.05) is 19.1 Å². The standard InChI is InChI=1S/C17H16ClF4N3O3S/c1-24(2)29(27,28)25(15-6-4-3-5-13(15)19)10-16(26)23-14-8-7-11(18)9-12(14)17(20,21)22/h3-9H,10H2,1-2H3,(H,23,26). The number of para-hydroxylation sites is 1. The van der Waals surface area contributed by atoms with E-state index >= 15 is 0 Å². The topological polar surface area (TPSA) is 69.7 Å². The first-order valence-corrected chi connectivity index (χ1v) is 9.73. The Labute approximate surface area is 169 Å². The second-order valence-electron chi connectivity index (χ2n) is 5.98. The minimum Gasteiger partial charge on any atom is -0.324 e. The summed E-state index contributed by atoms with van der Waals surface area (Å²) < 4.78 is 80.0. The van der Waals surface area contributed by atoms with E-state index in [9.17, 15) is 30.8 Å². The molecule has 1 amide bonds. The van der Waals surface area contributed by atoms with E-state index in [0.29, 0.717) is 10.4 Å². The van der Waals surface area contributed by atoms with Gasteiger partial charge in [0.05, 0.1) is 16.9 Å². The Hall–Kier alpha value is -2.37. The first-order chi connectivity index (χ1) is 13.3. The van der Waals surface area contributed by atoms with Crippen LogP contribution in [0.25, 0.3) is 0 Å². The van der Waals surface area contributed by atoms with Crippen LogP contribution in [0.15, 0.2) is 42.5 Å². The lowest BCUT2D eigenvalue weighted by atomic mass is 10.1. The molecule has 29 heavy (non-hydrogen) atoms. The molecule has 158 valence electrons. The summed E-state index contributed by atoms with van der Waals surface area (Å²) in [4.78, 5) is 12.4. The van der Waals surface area contributed by atoms with E-state index < -0.39 is 51.6 Å². The molecule has 6 nitrogen and oxygen atoms in total. The fourth-order valence-corrected chi connectivity index (χ4v) is 3.57. The molecule has 2 aromatic rings. The van der Waals surface area contributed by atoms with Crippen LogP contribution in [0.4, 0.5) is 28.9 Å². The van der Waals surface area contributed by atoms with Crippen molar-refractivity contribution in [2.24, 2.45) is 0 Å². The first-order valence-electron chi connectivity index (χ1n) is 7.95. The van der Waals surface area contributed by atoms with Crippen molar-refractivity contribution in [2.45, 2.75) is 6.18 Å². The Balaban J connectivity index is 2.39. The van der Waals surface area contributed by atoms with Crippen molar-refractivity contribution in [3.8, 4) is 0 Å². The maximum Gasteiger partial charge on any atom is 0.418 e. The predicted octanol–water partition coefficient (Wildman–Crippen LogP) is 3.75. The second kappa shape index (κ2) is 8.56. The maximum atomic E-state index is 14.2. The number of amides is 1. The van der Waals surface area contributed by atoms with Crippen LogP contribution in [0, 0.1) is 5.82 Å². The van der Waals surface area contributed by atoms with Crippen LogP contribution in [0.3, 0.4) is 0 Å². The Morgan fingerprint density at radius 1 is 1.14 bits per heavy atom. The zero-order chi connectivity index (χ0) is 22.0. The van der Waals surface area contributed by atoms with Gasteiger partial charge >= 0.3 is 16.4 Å². The molecule has 0 saturated heterocycles. The van der Waals surface area contributed by atoms with Gasteiger partial charge in [-0.2, -0.15) is 25.9 Å². The van der Waals surface area contributed by atoms with Crippen molar-refractivity contribution >= 4 is 39.1 Å². The van der Waals surface area contributed by atoms with Crippen molar-refractivity contribution in [3.63, 3.8) is 0 Å². The highest BCUT2D eigenvalue weighted by atomic mass is 35.5. The van der Waals surface area contributed by atoms with E-state index in [-0.39, 0.29) is 5.02 Å². The molecule has 0 unspecified atom stereocenters. The highest BCUT2D eigenvalue weighted by Gasteiger charge is 2.35. The van der Waals surface area contributed by atoms with Gasteiger partial charge in [-0.1, -0.05) is 23.7 Å². The zero-order valence-corrected chi connectivity index (χ0v) is 16.7. The maximum absolute atomic E-state index is 14.2. The van der Waals surface area contributed by atoms with Crippen LogP contribution in [0.5, 0.6) is 0 Å². The number of alkyl halides is 3. The van der Waals surface area contributed by atoms with Crippen LogP contribution < -0.4 is 9.62 Å². The molecule has 0 spiro atoms. The highest BCUT2D eigenvalue weighted by Crippen LogP contribution is 2.36. The van der Waals surface area contributed by atoms with Crippen LogP contribution in [-0.2, 0) is 21.2 Å². The fourth-order valence-electron chi connectivity index (χ4n) is 2.32. The average Bonchev–Trinajstić information content (AvgIpc) is 2.61. The summed E-state index contributed by atoms with van der Waals surface area (Å²) >= 11 is 5.59. The van der Waals surface area contributed by atoms with Crippen LogP contribution in [0.2, 0.25) is 5.02 Å². The predicted molar refractivity (Wildman–Crippen MR) is 101 cm³/mol. The van der Waals surface area contributed by atoms with Crippen molar-refractivity contribution < 1.29 is 30.8 Å². The SMILES string of the molecule is CN(C)S(=O)(=O)N(CC(=O)Nc1ccc(Cl)cc1C(F)(F)F)c1ccccc1F. The van der Waals surface area contributed by atoms with Gasteiger partial charge < -0.3 is 5.32 Å². The third-order valence-corrected chi connectivity index (χ3v) is 5.75. The molecule has 0 radical (unpaired) electrons. The molecular weight excluding hydrogens is 438 g/mol. The van der Waals surface area contributed by atoms with Crippen molar-refractivity contribution in [2.75, 3.05) is 30.3 Å². The van der Waals surface area contributed by atoms with E-state index in [1.165, 1.54) is 26.2 Å². The van der Waals surface area contributed by atoms with Crippen molar-refractivity contribution in [3.05, 3.63) is 58.9 Å². The number of carbonyl (C=O) groups excluding carboxylic acids is 1. The van der Waals surface area contributed by atoms with E-state index in [2.05, 4.69) is 0 Å². The summed E-state index contributed by atoms with van der Waals surface area (Å²) in [7, 11) is -1.99. The van der Waals surface area contributed by atoms with E-state index in [1.54, 1.807) is 0 Å². The minimum atomic E-state index is -4.81. The number of benzene rings is 2. The lowest BCUT2D eigenvalue weighted by molar-refractivity contribution is -0.137. The monoisotopic (exact) mass is 453 g/mol. The molecule has 0 saturated carbocycles. The molecule has 0 aliphatic rings. The van der Waals surface area contributed by atoms with E-state index in [1.807, 2.05) is 5.32 Å². The lowest BCUT2D eigenvalue weighted by Gasteiger charge is -2.27. The van der Waals surface area contributed by atoms with Gasteiger partial charge in [-0.25, -0.2) is 8.70 Å². The first kappa shape index (κ1) is 22.9. The molecule has 0 atom stereocenters. The number of nitrogens with one attached hydrogen (secondary N) is 1. The largest absolute Gasteiger partial charge is 0.418 e. The second-order valence-corrected chi connectivity index (χ2v) is 8.49. The molecule has 12 heteroatoms. The Morgan fingerprint density at radius 2 is 1.76 bits per heavy atom. The number of rotatable bonds is 6. The molecule has 2 rings (SSSR count). The highest BCUT2D eigenvalue weighted by molar-refractivity contribution is 7.90. The number of anilines is 2. The average molecular weight is 454 g/mol. The van der Waals surface area contributed by atoms with Gasteiger partial charge in [0.25, 0.3) is 0 Å². The lowest BCUT2D eigenvalue weighted by Crippen LogP contribution is -2.44. The smallest absolute Gasteiger partial charge is 0.324 e. The number of carbonyl (C=O) groups is 1. The third-order valence-electron chi connectivity index (χ3n) is 3.71. The number of hydrogen-bond acceptors (Lipinski definition) is 3. The zero-order valence-electron chi connectivity index (χ0n) is 15.2. The van der Waals surface area contributed by atoms with E-state index in [0.717, 1.165) is 28.6 Å². The van der Waals surface area contributed by atoms with Crippen LogP contribution >= 0.6 is 11.6 Å². The van der Waals surface area contributed by atoms with Gasteiger partial charge in [-0.05, 0) is 30.3 Å². The Bertz CT molecular complexity index is 1010. The summed E-state index contributed by atoms with van der Waals surface area (Å²) in [5.41, 5.74) is -2.24. The number of hydrogen-bond donors (Lipinski definition) is 1. The molecule has 0 aliphatic heterocycles. The van der Waals surface area contributed by atoms with Crippen molar-refractivity contribution in [1.82, 2.24) is 4.31 Å². The molecule has 1 N–H and O–H groups in total. The molecule has 0 aliphatic carbocycles.